The molecule has 0 aromatic carbocycles. The van der Waals surface area contributed by atoms with Gasteiger partial charge in [0.1, 0.15) is 23.7 Å². The first-order valence-corrected chi connectivity index (χ1v) is 11.7. The molecule has 0 saturated carbocycles. The predicted molar refractivity (Wildman–Crippen MR) is 110 cm³/mol. The molecule has 182 valence electrons. The van der Waals surface area contributed by atoms with Crippen LogP contribution in [0.15, 0.2) is 0 Å². The number of rotatable bonds is 14. The number of amides is 2. The number of aliphatic hydroxyl groups is 1. The van der Waals surface area contributed by atoms with Crippen LogP contribution in [0.3, 0.4) is 0 Å². The Morgan fingerprint density at radius 3 is 2.26 bits per heavy atom. The molecule has 2 unspecified atom stereocenters. The number of hydrogen-bond donors (Lipinski definition) is 4. The highest BCUT2D eigenvalue weighted by atomic mass is 32.2. The number of hydrogen-bond acceptors (Lipinski definition) is 7. The molecule has 2 amide bonds. The van der Waals surface area contributed by atoms with Crippen LogP contribution in [0.1, 0.15) is 26.7 Å². The molecule has 0 radical (unpaired) electrons. The highest BCUT2D eigenvalue weighted by molar-refractivity contribution is 7.96. The van der Waals surface area contributed by atoms with Crippen molar-refractivity contribution in [3.8, 4) is 0 Å². The number of nitrogens with zero attached hydrogens (tertiary/aromatic N) is 1. The largest absolute Gasteiger partial charge is 0.480 e. The van der Waals surface area contributed by atoms with Gasteiger partial charge < -0.3 is 26.4 Å². The Morgan fingerprint density at radius 1 is 1.19 bits per heavy atom. The van der Waals surface area contributed by atoms with Gasteiger partial charge in [0, 0.05) is 0 Å². The molecule has 0 heterocycles. The van der Waals surface area contributed by atoms with Crippen LogP contribution in [0.25, 0.3) is 0 Å². The first kappa shape index (κ1) is 29.6. The molecule has 0 aromatic rings. The molecule has 0 bridgehead atoms. The van der Waals surface area contributed by atoms with E-state index >= 15 is 0 Å². The molecular weight excluding hydrogens is 443 g/mol. The van der Waals surface area contributed by atoms with E-state index in [0.29, 0.717) is 24.3 Å². The van der Waals surface area contributed by atoms with Crippen molar-refractivity contribution in [2.24, 2.45) is 17.4 Å². The Labute approximate surface area is 182 Å². The van der Waals surface area contributed by atoms with E-state index in [1.54, 1.807) is 13.8 Å². The topological polar surface area (TPSA) is 156 Å². The molecule has 0 aliphatic heterocycles. The smallest absolute Gasteiger partial charge is 0.471 e. The minimum atomic E-state index is -5.23. The summed E-state index contributed by atoms with van der Waals surface area (Å²) < 4.78 is 43.5. The summed E-state index contributed by atoms with van der Waals surface area (Å²) >= 11 is 0. The minimum Gasteiger partial charge on any atom is -0.480 e. The molecule has 0 fully saturated rings. The van der Waals surface area contributed by atoms with Crippen LogP contribution in [0.2, 0.25) is 0 Å². The van der Waals surface area contributed by atoms with Crippen molar-refractivity contribution in [1.29, 1.82) is 0 Å². The number of alkyl halides is 3. The van der Waals surface area contributed by atoms with Gasteiger partial charge in [-0.05, 0) is 29.7 Å². The SMILES string of the molecule is CC(C)[C@H](N)C(=O)N(CCOCC(O)C[S+](C)CCC[C@H](N)C(=O)O)C(=O)C(F)(F)F. The van der Waals surface area contributed by atoms with Crippen molar-refractivity contribution >= 4 is 28.7 Å². The quantitative estimate of drug-likeness (QED) is 0.197. The van der Waals surface area contributed by atoms with Crippen LogP contribution in [0.5, 0.6) is 0 Å². The van der Waals surface area contributed by atoms with Crippen LogP contribution in [0.4, 0.5) is 13.2 Å². The third-order valence-corrected chi connectivity index (χ3v) is 6.27. The van der Waals surface area contributed by atoms with Gasteiger partial charge in [0.05, 0.1) is 32.1 Å². The highest BCUT2D eigenvalue weighted by Gasteiger charge is 2.45. The number of halogens is 3. The Bertz CT molecular complexity index is 594. The summed E-state index contributed by atoms with van der Waals surface area (Å²) in [6.07, 6.45) is -3.36. The van der Waals surface area contributed by atoms with Gasteiger partial charge in [-0.3, -0.25) is 19.3 Å². The number of aliphatic carboxylic acids is 1. The van der Waals surface area contributed by atoms with E-state index in [-0.39, 0.29) is 29.0 Å². The first-order valence-electron chi connectivity index (χ1n) is 9.69. The Balaban J connectivity index is 4.51. The lowest BCUT2D eigenvalue weighted by atomic mass is 10.0. The molecule has 0 spiro atoms. The second-order valence-corrected chi connectivity index (χ2v) is 9.84. The lowest BCUT2D eigenvalue weighted by Gasteiger charge is -2.26. The summed E-state index contributed by atoms with van der Waals surface area (Å²) in [4.78, 5) is 34.4. The minimum absolute atomic E-state index is 0.0348. The van der Waals surface area contributed by atoms with E-state index in [2.05, 4.69) is 0 Å². The Hall–Kier alpha value is -1.41. The average molecular weight is 477 g/mol. The van der Waals surface area contributed by atoms with Crippen LogP contribution in [-0.2, 0) is 30.0 Å². The standard InChI is InChI=1S/C18H32F3N3O6S/c1-11(2)14(23)15(26)24(17(29)18(19,20)21)6-7-30-9-12(25)10-31(3)8-4-5-13(22)16(27)28/h11-14,25H,4-10,22-23H2,1-3H3/p+1/t12?,13-,14-,31?/m0/s1. The Morgan fingerprint density at radius 2 is 1.77 bits per heavy atom. The van der Waals surface area contributed by atoms with Gasteiger partial charge in [-0.1, -0.05) is 13.8 Å². The molecule has 4 atom stereocenters. The summed E-state index contributed by atoms with van der Waals surface area (Å²) in [5, 5.41) is 18.7. The third-order valence-electron chi connectivity index (χ3n) is 4.33. The van der Waals surface area contributed by atoms with E-state index < -0.39 is 54.6 Å². The number of carboxylic acid groups (broad SMARTS) is 1. The zero-order valence-corrected chi connectivity index (χ0v) is 18.7. The first-order chi connectivity index (χ1) is 14.2. The molecule has 6 N–H and O–H groups in total. The van der Waals surface area contributed by atoms with Gasteiger partial charge >= 0.3 is 18.1 Å². The molecular formula is C18H33F3N3O6S+. The van der Waals surface area contributed by atoms with Crippen LogP contribution >= 0.6 is 0 Å². The van der Waals surface area contributed by atoms with Gasteiger partial charge in [-0.2, -0.15) is 13.2 Å². The van der Waals surface area contributed by atoms with E-state index in [1.165, 1.54) is 0 Å². The summed E-state index contributed by atoms with van der Waals surface area (Å²) in [5.74, 6) is -3.98. The van der Waals surface area contributed by atoms with Crippen molar-refractivity contribution in [3.05, 3.63) is 0 Å². The van der Waals surface area contributed by atoms with E-state index in [0.717, 1.165) is 0 Å². The lowest BCUT2D eigenvalue weighted by Crippen LogP contribution is -2.53. The van der Waals surface area contributed by atoms with Gasteiger partial charge in [0.2, 0.25) is 5.91 Å². The zero-order valence-electron chi connectivity index (χ0n) is 17.9. The molecule has 0 rings (SSSR count). The Kier molecular flexibility index (Phi) is 13.3. The molecule has 0 aromatic heterocycles. The summed E-state index contributed by atoms with van der Waals surface area (Å²) in [6, 6.07) is -2.20. The molecule has 13 heteroatoms. The number of nitrogens with two attached hydrogens (primary N) is 2. The number of carbonyl (C=O) groups excluding carboxylic acids is 2. The molecule has 0 aliphatic rings. The zero-order chi connectivity index (χ0) is 24.4. The summed E-state index contributed by atoms with van der Waals surface area (Å²) in [7, 11) is -0.244. The predicted octanol–water partition coefficient (Wildman–Crippen LogP) is -0.295. The molecule has 31 heavy (non-hydrogen) atoms. The lowest BCUT2D eigenvalue weighted by molar-refractivity contribution is -0.188. The van der Waals surface area contributed by atoms with Crippen molar-refractivity contribution in [1.82, 2.24) is 4.90 Å². The number of carboxylic acids is 1. The second-order valence-electron chi connectivity index (χ2n) is 7.53. The number of imide groups is 1. The summed E-state index contributed by atoms with van der Waals surface area (Å²) in [6.45, 7) is 1.87. The average Bonchev–Trinajstić information content (AvgIpc) is 2.65. The monoisotopic (exact) mass is 476 g/mol. The van der Waals surface area contributed by atoms with E-state index in [9.17, 15) is 32.7 Å². The number of ether oxygens (including phenoxy) is 1. The fourth-order valence-electron chi connectivity index (χ4n) is 2.44. The molecule has 9 nitrogen and oxygen atoms in total. The van der Waals surface area contributed by atoms with Crippen molar-refractivity contribution in [3.63, 3.8) is 0 Å². The fourth-order valence-corrected chi connectivity index (χ4v) is 4.02. The third kappa shape index (κ3) is 11.7. The van der Waals surface area contributed by atoms with Crippen molar-refractivity contribution < 1.29 is 42.5 Å². The molecule has 0 saturated heterocycles. The fraction of sp³-hybridized carbons (Fsp3) is 0.833. The van der Waals surface area contributed by atoms with Crippen LogP contribution < -0.4 is 11.5 Å². The number of aliphatic hydroxyl groups excluding tert-OH is 1. The summed E-state index contributed by atoms with van der Waals surface area (Å²) in [5.41, 5.74) is 11.0. The maximum absolute atomic E-state index is 12.8. The van der Waals surface area contributed by atoms with Gasteiger partial charge in [-0.25, -0.2) is 0 Å². The number of carbonyl (C=O) groups is 3. The van der Waals surface area contributed by atoms with Crippen molar-refractivity contribution in [2.45, 2.75) is 51.1 Å². The van der Waals surface area contributed by atoms with Crippen molar-refractivity contribution in [2.75, 3.05) is 37.5 Å². The van der Waals surface area contributed by atoms with E-state index in [1.807, 2.05) is 6.26 Å². The van der Waals surface area contributed by atoms with Gasteiger partial charge in [0.15, 0.2) is 0 Å². The maximum atomic E-state index is 12.8. The van der Waals surface area contributed by atoms with Crippen LogP contribution in [0, 0.1) is 5.92 Å². The molecule has 0 aliphatic carbocycles. The van der Waals surface area contributed by atoms with E-state index in [4.69, 9.17) is 21.3 Å². The van der Waals surface area contributed by atoms with Gasteiger partial charge in [-0.15, -0.1) is 0 Å². The second kappa shape index (κ2) is 13.9. The highest BCUT2D eigenvalue weighted by Crippen LogP contribution is 2.19. The maximum Gasteiger partial charge on any atom is 0.471 e. The normalized spacial score (nSPS) is 15.9. The van der Waals surface area contributed by atoms with Gasteiger partial charge in [0.25, 0.3) is 0 Å². The van der Waals surface area contributed by atoms with Crippen LogP contribution in [-0.4, -0.2) is 94.8 Å².